The summed E-state index contributed by atoms with van der Waals surface area (Å²) in [5.41, 5.74) is 2.64. The van der Waals surface area contributed by atoms with Crippen LogP contribution in [0.3, 0.4) is 0 Å². The molecular weight excluding hydrogens is 718 g/mol. The summed E-state index contributed by atoms with van der Waals surface area (Å²) >= 11 is 27.5. The molecule has 238 valence electrons. The van der Waals surface area contributed by atoms with Crippen molar-refractivity contribution in [2.45, 2.75) is 17.1 Å². The first-order valence-electron chi connectivity index (χ1n) is 13.9. The van der Waals surface area contributed by atoms with E-state index in [4.69, 9.17) is 46.4 Å². The van der Waals surface area contributed by atoms with E-state index in [9.17, 15) is 14.4 Å². The van der Waals surface area contributed by atoms with Gasteiger partial charge in [0, 0.05) is 42.7 Å². The molecule has 0 aliphatic rings. The van der Waals surface area contributed by atoms with Gasteiger partial charge in [0.05, 0.1) is 21.0 Å². The van der Waals surface area contributed by atoms with Gasteiger partial charge in [0.1, 0.15) is 5.70 Å². The molecule has 0 aliphatic carbocycles. The molecule has 3 amide bonds. The Kier molecular flexibility index (Phi) is 11.6. The second kappa shape index (κ2) is 15.8. The Labute approximate surface area is 299 Å². The zero-order chi connectivity index (χ0) is 33.5. The van der Waals surface area contributed by atoms with E-state index in [1.807, 2.05) is 11.4 Å². The first kappa shape index (κ1) is 34.5. The largest absolute Gasteiger partial charge is 0.321 e. The average Bonchev–Trinajstić information content (AvgIpc) is 3.53. The summed E-state index contributed by atoms with van der Waals surface area (Å²) in [4.78, 5) is 44.5. The van der Waals surface area contributed by atoms with Crippen molar-refractivity contribution in [1.29, 1.82) is 0 Å². The van der Waals surface area contributed by atoms with Crippen molar-refractivity contribution in [3.8, 4) is 11.3 Å². The average molecular weight is 743 g/mol. The molecule has 1 aromatic heterocycles. The monoisotopic (exact) mass is 740 g/mol. The van der Waals surface area contributed by atoms with Crippen LogP contribution in [0.5, 0.6) is 0 Å². The molecule has 5 rings (SSSR count). The summed E-state index contributed by atoms with van der Waals surface area (Å²) in [5, 5.41) is 11.7. The molecular formula is C34H24Cl4N4O3S2. The molecule has 5 aromatic rings. The lowest BCUT2D eigenvalue weighted by Gasteiger charge is -2.13. The maximum absolute atomic E-state index is 13.4. The van der Waals surface area contributed by atoms with E-state index < -0.39 is 17.1 Å². The minimum absolute atomic E-state index is 0.0536. The number of nitrogens with one attached hydrogen (secondary N) is 3. The first-order valence-corrected chi connectivity index (χ1v) is 17.2. The molecule has 7 nitrogen and oxygen atoms in total. The molecule has 0 radical (unpaired) electrons. The van der Waals surface area contributed by atoms with Gasteiger partial charge in [-0.3, -0.25) is 14.4 Å². The standard InChI is InChI=1S/C34H24Cl4N4O3S2/c1-19(31(43)42-34-41-30(18-46-34)21-10-15-27(37)28(38)16-21)47-23-13-11-22(12-14-23)39-33(45)29(17-24-25(35)8-5-9-26(24)36)40-32(44)20-6-3-2-4-7-20/h2-19H,1H3,(H,39,45)(H,40,44)(H,41,42,43)/b29-17-. The highest BCUT2D eigenvalue weighted by Gasteiger charge is 2.19. The number of nitrogens with zero attached hydrogens (tertiary/aromatic N) is 1. The fourth-order valence-corrected chi connectivity index (χ4v) is 6.53. The Balaban J connectivity index is 1.23. The van der Waals surface area contributed by atoms with Crippen molar-refractivity contribution < 1.29 is 14.4 Å². The normalized spacial score (nSPS) is 11.9. The highest BCUT2D eigenvalue weighted by Crippen LogP contribution is 2.32. The van der Waals surface area contributed by atoms with Crippen LogP contribution >= 0.6 is 69.5 Å². The van der Waals surface area contributed by atoms with Gasteiger partial charge in [-0.25, -0.2) is 4.98 Å². The van der Waals surface area contributed by atoms with Gasteiger partial charge < -0.3 is 16.0 Å². The Morgan fingerprint density at radius 1 is 0.809 bits per heavy atom. The molecule has 0 aliphatic heterocycles. The van der Waals surface area contributed by atoms with Crippen molar-refractivity contribution in [3.05, 3.63) is 133 Å². The van der Waals surface area contributed by atoms with Gasteiger partial charge in [0.15, 0.2) is 5.13 Å². The highest BCUT2D eigenvalue weighted by molar-refractivity contribution is 8.00. The minimum Gasteiger partial charge on any atom is -0.321 e. The summed E-state index contributed by atoms with van der Waals surface area (Å²) in [6.07, 6.45) is 1.43. The van der Waals surface area contributed by atoms with Gasteiger partial charge >= 0.3 is 0 Å². The molecule has 0 fully saturated rings. The van der Waals surface area contributed by atoms with Crippen LogP contribution in [0.4, 0.5) is 10.8 Å². The van der Waals surface area contributed by atoms with Gasteiger partial charge in [-0.05, 0) is 73.7 Å². The maximum Gasteiger partial charge on any atom is 0.272 e. The van der Waals surface area contributed by atoms with E-state index in [2.05, 4.69) is 20.9 Å². The van der Waals surface area contributed by atoms with E-state index in [0.29, 0.717) is 47.7 Å². The van der Waals surface area contributed by atoms with Crippen molar-refractivity contribution in [3.63, 3.8) is 0 Å². The third-order valence-corrected chi connectivity index (χ3v) is 9.83. The van der Waals surface area contributed by atoms with Crippen LogP contribution in [0.2, 0.25) is 20.1 Å². The molecule has 4 aromatic carbocycles. The van der Waals surface area contributed by atoms with Gasteiger partial charge in [-0.2, -0.15) is 0 Å². The van der Waals surface area contributed by atoms with Crippen LogP contribution in [-0.2, 0) is 9.59 Å². The zero-order valence-electron chi connectivity index (χ0n) is 24.4. The molecule has 3 N–H and O–H groups in total. The van der Waals surface area contributed by atoms with Gasteiger partial charge in [0.2, 0.25) is 5.91 Å². The fourth-order valence-electron chi connectivity index (χ4n) is 4.13. The van der Waals surface area contributed by atoms with Crippen LogP contribution in [-0.4, -0.2) is 28.0 Å². The number of halogens is 4. The third kappa shape index (κ3) is 9.16. The quantitative estimate of drug-likeness (QED) is 0.0978. The lowest BCUT2D eigenvalue weighted by Crippen LogP contribution is -2.30. The lowest BCUT2D eigenvalue weighted by molar-refractivity contribution is -0.115. The number of carbonyl (C=O) groups is 3. The Morgan fingerprint density at radius 3 is 2.19 bits per heavy atom. The number of amides is 3. The molecule has 1 unspecified atom stereocenters. The van der Waals surface area contributed by atoms with Gasteiger partial charge in [-0.15, -0.1) is 23.1 Å². The van der Waals surface area contributed by atoms with Crippen molar-refractivity contribution >= 4 is 104 Å². The van der Waals surface area contributed by atoms with Crippen molar-refractivity contribution in [2.75, 3.05) is 10.6 Å². The number of anilines is 2. The number of hydrogen-bond donors (Lipinski definition) is 3. The summed E-state index contributed by atoms with van der Waals surface area (Å²) in [6.45, 7) is 1.79. The van der Waals surface area contributed by atoms with Crippen molar-refractivity contribution in [2.24, 2.45) is 0 Å². The fraction of sp³-hybridized carbons (Fsp3) is 0.0588. The Bertz CT molecular complexity index is 1950. The van der Waals surface area contributed by atoms with Crippen LogP contribution in [0.1, 0.15) is 22.8 Å². The van der Waals surface area contributed by atoms with E-state index in [-0.39, 0.29) is 11.6 Å². The topological polar surface area (TPSA) is 100 Å². The molecule has 47 heavy (non-hydrogen) atoms. The smallest absolute Gasteiger partial charge is 0.272 e. The van der Waals surface area contributed by atoms with Crippen LogP contribution in [0.15, 0.2) is 107 Å². The Hall–Kier alpha value is -3.83. The Morgan fingerprint density at radius 2 is 1.51 bits per heavy atom. The zero-order valence-corrected chi connectivity index (χ0v) is 29.0. The van der Waals surface area contributed by atoms with E-state index in [0.717, 1.165) is 10.5 Å². The van der Waals surface area contributed by atoms with E-state index >= 15 is 0 Å². The first-order chi connectivity index (χ1) is 22.6. The molecule has 0 spiro atoms. The van der Waals surface area contributed by atoms with Gasteiger partial charge in [-0.1, -0.05) is 76.7 Å². The van der Waals surface area contributed by atoms with Crippen LogP contribution in [0.25, 0.3) is 17.3 Å². The summed E-state index contributed by atoms with van der Waals surface area (Å²) in [6, 6.07) is 25.7. The van der Waals surface area contributed by atoms with Crippen molar-refractivity contribution in [1.82, 2.24) is 10.3 Å². The van der Waals surface area contributed by atoms with E-state index in [1.165, 1.54) is 29.2 Å². The number of benzene rings is 4. The number of thiazole rings is 1. The predicted molar refractivity (Wildman–Crippen MR) is 195 cm³/mol. The number of rotatable bonds is 10. The molecule has 0 saturated heterocycles. The van der Waals surface area contributed by atoms with E-state index in [1.54, 1.807) is 91.9 Å². The molecule has 1 atom stereocenters. The second-order valence-electron chi connectivity index (χ2n) is 9.91. The number of thioether (sulfide) groups is 1. The lowest BCUT2D eigenvalue weighted by atomic mass is 10.1. The third-order valence-electron chi connectivity index (χ3n) is 6.56. The number of aromatic nitrogens is 1. The SMILES string of the molecule is CC(Sc1ccc(NC(=O)/C(=C/c2c(Cl)cccc2Cl)NC(=O)c2ccccc2)cc1)C(=O)Nc1nc(-c2ccc(Cl)c(Cl)c2)cs1. The predicted octanol–water partition coefficient (Wildman–Crippen LogP) is 9.95. The summed E-state index contributed by atoms with van der Waals surface area (Å²) in [5.74, 6) is -1.27. The molecule has 0 saturated carbocycles. The van der Waals surface area contributed by atoms with Crippen LogP contribution in [0, 0.1) is 0 Å². The highest BCUT2D eigenvalue weighted by atomic mass is 35.5. The molecule has 1 heterocycles. The minimum atomic E-state index is -0.581. The molecule has 13 heteroatoms. The second-order valence-corrected chi connectivity index (χ2v) is 13.8. The van der Waals surface area contributed by atoms with Gasteiger partial charge in [0.25, 0.3) is 11.8 Å². The summed E-state index contributed by atoms with van der Waals surface area (Å²) < 4.78 is 0. The maximum atomic E-state index is 13.4. The molecule has 0 bridgehead atoms. The number of hydrogen-bond acceptors (Lipinski definition) is 6. The number of carbonyl (C=O) groups excluding carboxylic acids is 3. The summed E-state index contributed by atoms with van der Waals surface area (Å²) in [7, 11) is 0. The van der Waals surface area contributed by atoms with Crippen LogP contribution < -0.4 is 16.0 Å².